The van der Waals surface area contributed by atoms with Gasteiger partial charge >= 0.3 is 0 Å². The number of aliphatic hydroxyl groups excluding tert-OH is 1. The maximum absolute atomic E-state index is 10.5. The van der Waals surface area contributed by atoms with Crippen LogP contribution in [0.3, 0.4) is 0 Å². The second kappa shape index (κ2) is 7.99. The maximum Gasteiger partial charge on any atom is 0.0495 e. The summed E-state index contributed by atoms with van der Waals surface area (Å²) >= 11 is 0. The molecule has 3 saturated carbocycles. The minimum absolute atomic E-state index is 0.176. The molecule has 0 spiro atoms. The molecular formula is C28H48O. The fourth-order valence-electron chi connectivity index (χ4n) is 9.01. The van der Waals surface area contributed by atoms with Crippen LogP contribution in [-0.4, -0.2) is 11.7 Å². The Morgan fingerprint density at radius 3 is 2.45 bits per heavy atom. The number of hydrogen-bond donors (Lipinski definition) is 1. The van der Waals surface area contributed by atoms with E-state index in [1.54, 1.807) is 0 Å². The molecule has 0 unspecified atom stereocenters. The highest BCUT2D eigenvalue weighted by atomic mass is 16.3. The molecule has 0 saturated heterocycles. The van der Waals surface area contributed by atoms with E-state index in [-0.39, 0.29) is 5.41 Å². The van der Waals surface area contributed by atoms with Gasteiger partial charge in [0.1, 0.15) is 0 Å². The Balaban J connectivity index is 1.55. The molecule has 7 atom stereocenters. The molecule has 0 bridgehead atoms. The molecule has 0 amide bonds. The highest BCUT2D eigenvalue weighted by Crippen LogP contribution is 2.69. The van der Waals surface area contributed by atoms with E-state index in [9.17, 15) is 5.11 Å². The normalized spacial score (nSPS) is 45.3. The summed E-state index contributed by atoms with van der Waals surface area (Å²) in [5.74, 6) is 4.22. The quantitative estimate of drug-likeness (QED) is 0.451. The van der Waals surface area contributed by atoms with Crippen LogP contribution in [0.2, 0.25) is 0 Å². The second-order valence-corrected chi connectivity index (χ2v) is 12.6. The van der Waals surface area contributed by atoms with Crippen LogP contribution < -0.4 is 0 Å². The van der Waals surface area contributed by atoms with Crippen molar-refractivity contribution in [1.82, 2.24) is 0 Å². The lowest BCUT2D eigenvalue weighted by Crippen LogP contribution is -2.55. The molecule has 0 heterocycles. The number of fused-ring (bicyclic) bond motifs is 5. The van der Waals surface area contributed by atoms with Crippen LogP contribution in [0.1, 0.15) is 112 Å². The van der Waals surface area contributed by atoms with E-state index in [4.69, 9.17) is 0 Å². The zero-order valence-corrected chi connectivity index (χ0v) is 20.1. The highest BCUT2D eigenvalue weighted by Gasteiger charge is 2.61. The predicted octanol–water partition coefficient (Wildman–Crippen LogP) is 7.78. The summed E-state index contributed by atoms with van der Waals surface area (Å²) in [5.41, 5.74) is 2.90. The number of allylic oxidation sites excluding steroid dienone is 2. The summed E-state index contributed by atoms with van der Waals surface area (Å²) in [6, 6.07) is 0. The Labute approximate surface area is 181 Å². The Kier molecular flexibility index (Phi) is 6.04. The van der Waals surface area contributed by atoms with Crippen molar-refractivity contribution in [1.29, 1.82) is 0 Å². The summed E-state index contributed by atoms with van der Waals surface area (Å²) in [6.07, 6.45) is 19.0. The number of rotatable bonds is 6. The van der Waals surface area contributed by atoms with Gasteiger partial charge in [0, 0.05) is 12.0 Å². The molecule has 3 fully saturated rings. The van der Waals surface area contributed by atoms with E-state index in [2.05, 4.69) is 40.7 Å². The lowest BCUT2D eigenvalue weighted by atomic mass is 9.43. The Bertz CT molecular complexity index is 620. The first-order valence-electron chi connectivity index (χ1n) is 13.1. The molecule has 4 rings (SSSR count). The topological polar surface area (TPSA) is 20.2 Å². The molecule has 4 aliphatic rings. The summed E-state index contributed by atoms with van der Waals surface area (Å²) < 4.78 is 0. The molecule has 1 heteroatoms. The van der Waals surface area contributed by atoms with E-state index >= 15 is 0 Å². The van der Waals surface area contributed by atoms with Crippen molar-refractivity contribution in [2.45, 2.75) is 112 Å². The molecule has 0 aromatic heterocycles. The standard InChI is InChI=1S/C28H48O/c1-20(2)9-8-10-21(3)23-11-12-24-22-13-18-28(19-29)16-7-6-15-27(28,5)25(22)14-17-26(23,24)4/h13,20-21,23-25,29H,6-12,14-19H2,1-5H3/t21-,23-,24+,25+,26-,27-,28+/m1/s1. The largest absolute Gasteiger partial charge is 0.396 e. The van der Waals surface area contributed by atoms with E-state index in [1.165, 1.54) is 70.6 Å². The Hall–Kier alpha value is -0.300. The average Bonchev–Trinajstić information content (AvgIpc) is 3.04. The molecule has 29 heavy (non-hydrogen) atoms. The van der Waals surface area contributed by atoms with E-state index in [0.717, 1.165) is 36.0 Å². The third kappa shape index (κ3) is 3.37. The van der Waals surface area contributed by atoms with Gasteiger partial charge in [-0.05, 0) is 85.4 Å². The third-order valence-corrected chi connectivity index (χ3v) is 10.9. The van der Waals surface area contributed by atoms with E-state index in [1.807, 2.05) is 5.57 Å². The van der Waals surface area contributed by atoms with Crippen LogP contribution in [0.25, 0.3) is 0 Å². The summed E-state index contributed by atoms with van der Waals surface area (Å²) in [7, 11) is 0. The van der Waals surface area contributed by atoms with Crippen LogP contribution in [0, 0.1) is 45.8 Å². The zero-order valence-electron chi connectivity index (χ0n) is 20.1. The van der Waals surface area contributed by atoms with Crippen molar-refractivity contribution < 1.29 is 5.11 Å². The van der Waals surface area contributed by atoms with E-state index < -0.39 is 0 Å². The van der Waals surface area contributed by atoms with Crippen LogP contribution in [0.5, 0.6) is 0 Å². The minimum Gasteiger partial charge on any atom is -0.396 e. The third-order valence-electron chi connectivity index (χ3n) is 10.9. The van der Waals surface area contributed by atoms with Crippen molar-refractivity contribution in [3.63, 3.8) is 0 Å². The van der Waals surface area contributed by atoms with Crippen LogP contribution >= 0.6 is 0 Å². The van der Waals surface area contributed by atoms with Crippen LogP contribution in [0.15, 0.2) is 11.6 Å². The predicted molar refractivity (Wildman–Crippen MR) is 124 cm³/mol. The molecule has 0 aromatic carbocycles. The van der Waals surface area contributed by atoms with Crippen molar-refractivity contribution in [3.05, 3.63) is 11.6 Å². The van der Waals surface area contributed by atoms with Gasteiger partial charge < -0.3 is 5.11 Å². The molecule has 0 aromatic rings. The molecule has 4 aliphatic carbocycles. The van der Waals surface area contributed by atoms with Crippen molar-refractivity contribution >= 4 is 0 Å². The summed E-state index contributed by atoms with van der Waals surface area (Å²) in [4.78, 5) is 0. The van der Waals surface area contributed by atoms with Gasteiger partial charge in [-0.3, -0.25) is 0 Å². The molecule has 1 N–H and O–H groups in total. The zero-order chi connectivity index (χ0) is 20.9. The van der Waals surface area contributed by atoms with Crippen molar-refractivity contribution in [2.75, 3.05) is 6.61 Å². The first-order valence-corrected chi connectivity index (χ1v) is 13.1. The molecule has 0 aliphatic heterocycles. The number of aliphatic hydroxyl groups is 1. The van der Waals surface area contributed by atoms with Gasteiger partial charge in [0.05, 0.1) is 0 Å². The molecule has 1 nitrogen and oxygen atoms in total. The maximum atomic E-state index is 10.5. The Morgan fingerprint density at radius 2 is 1.72 bits per heavy atom. The van der Waals surface area contributed by atoms with Gasteiger partial charge in [-0.25, -0.2) is 0 Å². The van der Waals surface area contributed by atoms with Gasteiger partial charge in [0.15, 0.2) is 0 Å². The lowest BCUT2D eigenvalue weighted by Gasteiger charge is -2.62. The van der Waals surface area contributed by atoms with Gasteiger partial charge in [-0.15, -0.1) is 0 Å². The summed E-state index contributed by atoms with van der Waals surface area (Å²) in [5, 5.41) is 10.5. The van der Waals surface area contributed by atoms with Gasteiger partial charge in [-0.2, -0.15) is 0 Å². The van der Waals surface area contributed by atoms with Gasteiger partial charge in [0.25, 0.3) is 0 Å². The highest BCUT2D eigenvalue weighted by molar-refractivity contribution is 5.29. The molecule has 166 valence electrons. The monoisotopic (exact) mass is 400 g/mol. The van der Waals surface area contributed by atoms with Gasteiger partial charge in [0.2, 0.25) is 0 Å². The first-order chi connectivity index (χ1) is 13.8. The lowest BCUT2D eigenvalue weighted by molar-refractivity contribution is -0.0998. The van der Waals surface area contributed by atoms with Crippen molar-refractivity contribution in [3.8, 4) is 0 Å². The Morgan fingerprint density at radius 1 is 0.966 bits per heavy atom. The molecular weight excluding hydrogens is 352 g/mol. The second-order valence-electron chi connectivity index (χ2n) is 12.6. The average molecular weight is 401 g/mol. The number of hydrogen-bond acceptors (Lipinski definition) is 1. The van der Waals surface area contributed by atoms with E-state index in [0.29, 0.717) is 17.4 Å². The van der Waals surface area contributed by atoms with Crippen LogP contribution in [-0.2, 0) is 0 Å². The van der Waals surface area contributed by atoms with Crippen LogP contribution in [0.4, 0.5) is 0 Å². The SMILES string of the molecule is CC(C)CCC[C@@H](C)[C@H]1CC[C@H]2C3=CC[C@]4(CO)CCCC[C@]4(C)[C@H]3CC[C@]12C. The fourth-order valence-corrected chi connectivity index (χ4v) is 9.01. The first kappa shape index (κ1) is 21.9. The smallest absolute Gasteiger partial charge is 0.0495 e. The van der Waals surface area contributed by atoms with Gasteiger partial charge in [-0.1, -0.05) is 78.4 Å². The molecule has 0 radical (unpaired) electrons. The summed E-state index contributed by atoms with van der Waals surface area (Å²) in [6.45, 7) is 13.0. The fraction of sp³-hybridized carbons (Fsp3) is 0.929. The minimum atomic E-state index is 0.176. The van der Waals surface area contributed by atoms with Crippen molar-refractivity contribution in [2.24, 2.45) is 45.8 Å².